The number of carbonyl (C=O) groups excluding carboxylic acids is 1. The summed E-state index contributed by atoms with van der Waals surface area (Å²) in [5, 5.41) is 6.38. The van der Waals surface area contributed by atoms with Crippen LogP contribution in [0.1, 0.15) is 25.7 Å². The van der Waals surface area contributed by atoms with Gasteiger partial charge in [-0.05, 0) is 31.7 Å². The van der Waals surface area contributed by atoms with E-state index in [0.717, 1.165) is 45.6 Å². The van der Waals surface area contributed by atoms with E-state index in [2.05, 4.69) is 10.6 Å². The summed E-state index contributed by atoms with van der Waals surface area (Å²) in [6, 6.07) is 0.341. The van der Waals surface area contributed by atoms with Crippen molar-refractivity contribution >= 4 is 18.3 Å². The number of hydrogen-bond donors (Lipinski definition) is 2. The first kappa shape index (κ1) is 13.7. The lowest BCUT2D eigenvalue weighted by molar-refractivity contribution is -0.122. The fourth-order valence-electron chi connectivity index (χ4n) is 2.27. The Hall–Kier alpha value is -0.320. The number of amides is 1. The molecule has 0 aromatic heterocycles. The van der Waals surface area contributed by atoms with Crippen LogP contribution >= 0.6 is 12.4 Å². The molecule has 4 nitrogen and oxygen atoms in total. The fraction of sp³-hybridized carbons (Fsp3) is 0.909. The highest BCUT2D eigenvalue weighted by atomic mass is 35.5. The van der Waals surface area contributed by atoms with E-state index in [1.807, 2.05) is 0 Å². The molecule has 2 heterocycles. The van der Waals surface area contributed by atoms with Crippen molar-refractivity contribution in [2.75, 3.05) is 26.3 Å². The predicted molar refractivity (Wildman–Crippen MR) is 64.8 cm³/mol. The Morgan fingerprint density at radius 1 is 1.44 bits per heavy atom. The molecule has 2 fully saturated rings. The van der Waals surface area contributed by atoms with Crippen molar-refractivity contribution in [3.05, 3.63) is 0 Å². The Balaban J connectivity index is 0.00000128. The van der Waals surface area contributed by atoms with Crippen LogP contribution in [0.3, 0.4) is 0 Å². The first-order chi connectivity index (χ1) is 7.34. The van der Waals surface area contributed by atoms with Crippen LogP contribution in [-0.4, -0.2) is 38.3 Å². The molecule has 0 aromatic carbocycles. The Labute approximate surface area is 103 Å². The van der Waals surface area contributed by atoms with E-state index < -0.39 is 0 Å². The molecular weight excluding hydrogens is 228 g/mol. The summed E-state index contributed by atoms with van der Waals surface area (Å²) in [5.74, 6) is 0.640. The highest BCUT2D eigenvalue weighted by molar-refractivity contribution is 5.85. The Kier molecular flexibility index (Phi) is 6.09. The van der Waals surface area contributed by atoms with Crippen LogP contribution in [0.15, 0.2) is 0 Å². The average molecular weight is 249 g/mol. The molecule has 2 saturated heterocycles. The van der Waals surface area contributed by atoms with E-state index in [0.29, 0.717) is 18.4 Å². The molecule has 0 saturated carbocycles. The van der Waals surface area contributed by atoms with Crippen molar-refractivity contribution in [2.24, 2.45) is 5.92 Å². The van der Waals surface area contributed by atoms with Crippen molar-refractivity contribution in [2.45, 2.75) is 31.7 Å². The van der Waals surface area contributed by atoms with Crippen LogP contribution in [0.2, 0.25) is 0 Å². The maximum absolute atomic E-state index is 11.7. The van der Waals surface area contributed by atoms with Gasteiger partial charge in [0.2, 0.25) is 5.91 Å². The maximum Gasteiger partial charge on any atom is 0.220 e. The molecule has 16 heavy (non-hydrogen) atoms. The molecule has 2 atom stereocenters. The summed E-state index contributed by atoms with van der Waals surface area (Å²) in [6.45, 7) is 3.59. The molecule has 94 valence electrons. The van der Waals surface area contributed by atoms with Crippen molar-refractivity contribution in [3.8, 4) is 0 Å². The van der Waals surface area contributed by atoms with Gasteiger partial charge in [-0.15, -0.1) is 12.4 Å². The molecule has 0 spiro atoms. The van der Waals surface area contributed by atoms with E-state index in [-0.39, 0.29) is 18.3 Å². The van der Waals surface area contributed by atoms with Crippen LogP contribution in [0.4, 0.5) is 0 Å². The first-order valence-electron chi connectivity index (χ1n) is 5.92. The fourth-order valence-corrected chi connectivity index (χ4v) is 2.27. The second-order valence-corrected chi connectivity index (χ2v) is 4.54. The molecule has 0 bridgehead atoms. The first-order valence-corrected chi connectivity index (χ1v) is 5.92. The highest BCUT2D eigenvalue weighted by Gasteiger charge is 2.21. The van der Waals surface area contributed by atoms with Crippen LogP contribution in [0.25, 0.3) is 0 Å². The number of carbonyl (C=O) groups is 1. The van der Waals surface area contributed by atoms with Gasteiger partial charge >= 0.3 is 0 Å². The number of halogens is 1. The van der Waals surface area contributed by atoms with Gasteiger partial charge in [0.25, 0.3) is 0 Å². The van der Waals surface area contributed by atoms with Crippen molar-refractivity contribution in [1.82, 2.24) is 10.6 Å². The Morgan fingerprint density at radius 3 is 2.94 bits per heavy atom. The van der Waals surface area contributed by atoms with Gasteiger partial charge in [-0.3, -0.25) is 4.79 Å². The SMILES string of the molecule is Cl.O=C(CC1CCOC1)NC1CCCNC1. The van der Waals surface area contributed by atoms with Crippen LogP contribution in [-0.2, 0) is 9.53 Å². The number of hydrogen-bond acceptors (Lipinski definition) is 3. The summed E-state index contributed by atoms with van der Waals surface area (Å²) in [5.41, 5.74) is 0. The van der Waals surface area contributed by atoms with E-state index in [9.17, 15) is 4.79 Å². The van der Waals surface area contributed by atoms with E-state index in [4.69, 9.17) is 4.74 Å². The summed E-state index contributed by atoms with van der Waals surface area (Å²) in [6.07, 6.45) is 3.95. The molecule has 0 radical (unpaired) electrons. The number of nitrogens with one attached hydrogen (secondary N) is 2. The smallest absolute Gasteiger partial charge is 0.220 e. The van der Waals surface area contributed by atoms with E-state index >= 15 is 0 Å². The van der Waals surface area contributed by atoms with Gasteiger partial charge in [-0.1, -0.05) is 0 Å². The molecule has 0 aromatic rings. The number of rotatable bonds is 3. The number of ether oxygens (including phenoxy) is 1. The zero-order valence-corrected chi connectivity index (χ0v) is 10.4. The lowest BCUT2D eigenvalue weighted by Gasteiger charge is -2.24. The summed E-state index contributed by atoms with van der Waals surface area (Å²) in [7, 11) is 0. The highest BCUT2D eigenvalue weighted by Crippen LogP contribution is 2.16. The normalized spacial score (nSPS) is 29.5. The summed E-state index contributed by atoms with van der Waals surface area (Å²) >= 11 is 0. The molecule has 5 heteroatoms. The molecule has 2 N–H and O–H groups in total. The van der Waals surface area contributed by atoms with Gasteiger partial charge in [0.1, 0.15) is 0 Å². The zero-order chi connectivity index (χ0) is 10.5. The van der Waals surface area contributed by atoms with Gasteiger partial charge in [0, 0.05) is 32.2 Å². The predicted octanol–water partition coefficient (Wildman–Crippen LogP) is 0.703. The van der Waals surface area contributed by atoms with Gasteiger partial charge < -0.3 is 15.4 Å². The van der Waals surface area contributed by atoms with Crippen molar-refractivity contribution in [3.63, 3.8) is 0 Å². The molecule has 0 aliphatic carbocycles. The summed E-state index contributed by atoms with van der Waals surface area (Å²) < 4.78 is 5.26. The number of piperidine rings is 1. The third kappa shape index (κ3) is 4.28. The average Bonchev–Trinajstić information content (AvgIpc) is 2.71. The van der Waals surface area contributed by atoms with Crippen LogP contribution in [0, 0.1) is 5.92 Å². The minimum atomic E-state index is 0. The van der Waals surface area contributed by atoms with Crippen LogP contribution in [0.5, 0.6) is 0 Å². The molecular formula is C11H21ClN2O2. The lowest BCUT2D eigenvalue weighted by Crippen LogP contribution is -2.45. The Bertz CT molecular complexity index is 214. The Morgan fingerprint density at radius 2 is 2.31 bits per heavy atom. The summed E-state index contributed by atoms with van der Waals surface area (Å²) in [4.78, 5) is 11.7. The maximum atomic E-state index is 11.7. The quantitative estimate of drug-likeness (QED) is 0.773. The van der Waals surface area contributed by atoms with E-state index in [1.165, 1.54) is 0 Å². The van der Waals surface area contributed by atoms with Gasteiger partial charge in [-0.25, -0.2) is 0 Å². The van der Waals surface area contributed by atoms with Crippen molar-refractivity contribution in [1.29, 1.82) is 0 Å². The molecule has 2 aliphatic heterocycles. The molecule has 2 unspecified atom stereocenters. The molecule has 1 amide bonds. The third-order valence-corrected chi connectivity index (χ3v) is 3.16. The minimum absolute atomic E-state index is 0. The lowest BCUT2D eigenvalue weighted by atomic mass is 10.0. The van der Waals surface area contributed by atoms with E-state index in [1.54, 1.807) is 0 Å². The second kappa shape index (κ2) is 7.09. The largest absolute Gasteiger partial charge is 0.381 e. The molecule has 2 aliphatic rings. The second-order valence-electron chi connectivity index (χ2n) is 4.54. The zero-order valence-electron chi connectivity index (χ0n) is 9.54. The third-order valence-electron chi connectivity index (χ3n) is 3.16. The topological polar surface area (TPSA) is 50.4 Å². The van der Waals surface area contributed by atoms with Crippen LogP contribution < -0.4 is 10.6 Å². The molecule has 2 rings (SSSR count). The van der Waals surface area contributed by atoms with Gasteiger partial charge in [0.15, 0.2) is 0 Å². The minimum Gasteiger partial charge on any atom is -0.381 e. The van der Waals surface area contributed by atoms with Gasteiger partial charge in [-0.2, -0.15) is 0 Å². The monoisotopic (exact) mass is 248 g/mol. The van der Waals surface area contributed by atoms with Gasteiger partial charge in [0.05, 0.1) is 0 Å². The standard InChI is InChI=1S/C11H20N2O2.ClH/c14-11(6-9-3-5-15-8-9)13-10-2-1-4-12-7-10;/h9-10,12H,1-8H2,(H,13,14);1H. The van der Waals surface area contributed by atoms with Crippen molar-refractivity contribution < 1.29 is 9.53 Å².